The first kappa shape index (κ1) is 16.5. The zero-order valence-corrected chi connectivity index (χ0v) is 14.5. The molecule has 0 bridgehead atoms. The summed E-state index contributed by atoms with van der Waals surface area (Å²) in [7, 11) is 0. The van der Waals surface area contributed by atoms with Gasteiger partial charge in [-0.2, -0.15) is 5.10 Å². The van der Waals surface area contributed by atoms with Crippen molar-refractivity contribution in [1.29, 1.82) is 0 Å². The van der Waals surface area contributed by atoms with Crippen molar-refractivity contribution in [3.8, 4) is 5.75 Å². The molecule has 1 aliphatic rings. The number of hydrazone groups is 1. The van der Waals surface area contributed by atoms with Gasteiger partial charge in [0.1, 0.15) is 12.3 Å². The Morgan fingerprint density at radius 2 is 1.88 bits per heavy atom. The van der Waals surface area contributed by atoms with Crippen molar-refractivity contribution in [3.63, 3.8) is 0 Å². The second-order valence-electron chi connectivity index (χ2n) is 6.61. The highest BCUT2D eigenvalue weighted by molar-refractivity contribution is 5.82. The topological polar surface area (TPSA) is 40.3 Å². The maximum absolute atomic E-state index is 9.78. The van der Waals surface area contributed by atoms with Crippen LogP contribution < -0.4 is 4.90 Å². The molecular formula is C20H26N3O+. The maximum atomic E-state index is 9.78. The number of piperazine rings is 1. The maximum Gasteiger partial charge on any atom is 0.124 e. The molecule has 3 rings (SSSR count). The van der Waals surface area contributed by atoms with Gasteiger partial charge in [-0.3, -0.25) is 5.01 Å². The van der Waals surface area contributed by atoms with Gasteiger partial charge in [0.05, 0.1) is 32.4 Å². The Morgan fingerprint density at radius 1 is 1.12 bits per heavy atom. The molecule has 1 saturated heterocycles. The number of quaternary nitrogens is 1. The van der Waals surface area contributed by atoms with Gasteiger partial charge < -0.3 is 10.0 Å². The minimum absolute atomic E-state index is 0.278. The number of hydrogen-bond donors (Lipinski definition) is 2. The summed E-state index contributed by atoms with van der Waals surface area (Å²) in [5.74, 6) is 0.278. The quantitative estimate of drug-likeness (QED) is 0.841. The first-order valence-electron chi connectivity index (χ1n) is 8.58. The number of hydrogen-bond acceptors (Lipinski definition) is 3. The Balaban J connectivity index is 1.53. The third-order valence-corrected chi connectivity index (χ3v) is 4.68. The van der Waals surface area contributed by atoms with Gasteiger partial charge in [0.25, 0.3) is 0 Å². The molecule has 24 heavy (non-hydrogen) atoms. The number of benzene rings is 2. The van der Waals surface area contributed by atoms with Crippen molar-refractivity contribution >= 4 is 6.21 Å². The molecule has 0 amide bonds. The Morgan fingerprint density at radius 3 is 2.58 bits per heavy atom. The second kappa shape index (κ2) is 7.49. The smallest absolute Gasteiger partial charge is 0.124 e. The minimum Gasteiger partial charge on any atom is -0.507 e. The zero-order chi connectivity index (χ0) is 16.9. The van der Waals surface area contributed by atoms with Crippen molar-refractivity contribution < 1.29 is 10.0 Å². The van der Waals surface area contributed by atoms with E-state index in [0.29, 0.717) is 0 Å². The van der Waals surface area contributed by atoms with Crippen LogP contribution in [0.3, 0.4) is 0 Å². The zero-order valence-electron chi connectivity index (χ0n) is 14.5. The molecule has 1 heterocycles. The van der Waals surface area contributed by atoms with E-state index in [1.807, 2.05) is 18.2 Å². The molecule has 2 aromatic carbocycles. The fourth-order valence-corrected chi connectivity index (χ4v) is 3.16. The van der Waals surface area contributed by atoms with Crippen LogP contribution in [-0.4, -0.2) is 42.5 Å². The number of para-hydroxylation sites is 1. The van der Waals surface area contributed by atoms with Crippen LogP contribution >= 0.6 is 0 Å². The number of phenolic OH excluding ortho intramolecular Hbond substituents is 1. The Bertz CT molecular complexity index is 719. The molecule has 0 aliphatic carbocycles. The molecule has 4 heteroatoms. The number of nitrogens with zero attached hydrogens (tertiary/aromatic N) is 2. The molecule has 2 N–H and O–H groups in total. The van der Waals surface area contributed by atoms with Gasteiger partial charge in [-0.05, 0) is 31.5 Å². The lowest BCUT2D eigenvalue weighted by molar-refractivity contribution is -0.918. The largest absolute Gasteiger partial charge is 0.507 e. The summed E-state index contributed by atoms with van der Waals surface area (Å²) in [6.07, 6.45) is 1.75. The highest BCUT2D eigenvalue weighted by Gasteiger charge is 2.19. The van der Waals surface area contributed by atoms with E-state index in [9.17, 15) is 5.11 Å². The number of rotatable bonds is 4. The molecule has 0 unspecified atom stereocenters. The van der Waals surface area contributed by atoms with Crippen LogP contribution in [0.4, 0.5) is 0 Å². The third-order valence-electron chi connectivity index (χ3n) is 4.68. The van der Waals surface area contributed by atoms with Crippen LogP contribution in [0, 0.1) is 13.8 Å². The SMILES string of the molecule is Cc1ccc(C[NH+]2CCN(/N=C/c3ccccc3O)CC2)c(C)c1. The molecule has 126 valence electrons. The number of aryl methyl sites for hydroxylation is 2. The van der Waals surface area contributed by atoms with Crippen LogP contribution in [0.15, 0.2) is 47.6 Å². The average Bonchev–Trinajstić information content (AvgIpc) is 2.58. The van der Waals surface area contributed by atoms with Crippen molar-refractivity contribution in [2.45, 2.75) is 20.4 Å². The lowest BCUT2D eigenvalue weighted by Crippen LogP contribution is -3.13. The Kier molecular flexibility index (Phi) is 5.16. The molecule has 0 radical (unpaired) electrons. The standard InChI is InChI=1S/C20H25N3O/c1-16-7-8-19(17(2)13-16)15-22-9-11-23(12-10-22)21-14-18-5-3-4-6-20(18)24/h3-8,13-14,24H,9-12,15H2,1-2H3/p+1/b21-14+. The van der Waals surface area contributed by atoms with Crippen molar-refractivity contribution in [1.82, 2.24) is 5.01 Å². The van der Waals surface area contributed by atoms with E-state index in [-0.39, 0.29) is 5.75 Å². The van der Waals surface area contributed by atoms with E-state index in [1.165, 1.54) is 16.7 Å². The monoisotopic (exact) mass is 324 g/mol. The summed E-state index contributed by atoms with van der Waals surface area (Å²) >= 11 is 0. The first-order valence-corrected chi connectivity index (χ1v) is 8.58. The summed E-state index contributed by atoms with van der Waals surface area (Å²) < 4.78 is 0. The van der Waals surface area contributed by atoms with Crippen molar-refractivity contribution in [2.75, 3.05) is 26.2 Å². The van der Waals surface area contributed by atoms with Crippen LogP contribution in [0.25, 0.3) is 0 Å². The summed E-state index contributed by atoms with van der Waals surface area (Å²) in [4.78, 5) is 1.61. The molecule has 0 aromatic heterocycles. The molecule has 0 atom stereocenters. The molecular weight excluding hydrogens is 298 g/mol. The number of nitrogens with one attached hydrogen (secondary N) is 1. The van der Waals surface area contributed by atoms with Gasteiger partial charge in [0, 0.05) is 11.1 Å². The van der Waals surface area contributed by atoms with Gasteiger partial charge in [-0.15, -0.1) is 0 Å². The summed E-state index contributed by atoms with van der Waals surface area (Å²) in [6.45, 7) is 9.51. The summed E-state index contributed by atoms with van der Waals surface area (Å²) in [5.41, 5.74) is 4.93. The lowest BCUT2D eigenvalue weighted by Gasteiger charge is -2.30. The highest BCUT2D eigenvalue weighted by atomic mass is 16.3. The molecule has 0 spiro atoms. The fraction of sp³-hybridized carbons (Fsp3) is 0.350. The molecule has 2 aromatic rings. The Labute approximate surface area is 144 Å². The van der Waals surface area contributed by atoms with E-state index in [1.54, 1.807) is 17.2 Å². The molecule has 1 fully saturated rings. The highest BCUT2D eigenvalue weighted by Crippen LogP contribution is 2.13. The number of phenols is 1. The minimum atomic E-state index is 0.278. The second-order valence-corrected chi connectivity index (χ2v) is 6.61. The molecule has 0 saturated carbocycles. The van der Waals surface area contributed by atoms with Gasteiger partial charge in [0.2, 0.25) is 0 Å². The van der Waals surface area contributed by atoms with E-state index >= 15 is 0 Å². The van der Waals surface area contributed by atoms with Gasteiger partial charge in [-0.1, -0.05) is 35.9 Å². The van der Waals surface area contributed by atoms with Crippen LogP contribution in [-0.2, 0) is 6.54 Å². The van der Waals surface area contributed by atoms with Gasteiger partial charge in [-0.25, -0.2) is 0 Å². The number of aromatic hydroxyl groups is 1. The lowest BCUT2D eigenvalue weighted by atomic mass is 10.1. The van der Waals surface area contributed by atoms with E-state index in [4.69, 9.17) is 0 Å². The fourth-order valence-electron chi connectivity index (χ4n) is 3.16. The van der Waals surface area contributed by atoms with Gasteiger partial charge >= 0.3 is 0 Å². The summed E-state index contributed by atoms with van der Waals surface area (Å²) in [6, 6.07) is 14.0. The predicted octanol–water partition coefficient (Wildman–Crippen LogP) is 1.74. The predicted molar refractivity (Wildman–Crippen MR) is 97.6 cm³/mol. The van der Waals surface area contributed by atoms with E-state index in [2.05, 4.69) is 42.2 Å². The third kappa shape index (κ3) is 4.15. The molecule has 4 nitrogen and oxygen atoms in total. The first-order chi connectivity index (χ1) is 11.6. The van der Waals surface area contributed by atoms with Crippen molar-refractivity contribution in [2.24, 2.45) is 5.10 Å². The van der Waals surface area contributed by atoms with Crippen LogP contribution in [0.2, 0.25) is 0 Å². The summed E-state index contributed by atoms with van der Waals surface area (Å²) in [5, 5.41) is 16.4. The van der Waals surface area contributed by atoms with E-state index in [0.717, 1.165) is 38.3 Å². The van der Waals surface area contributed by atoms with Crippen molar-refractivity contribution in [3.05, 3.63) is 64.7 Å². The molecule has 1 aliphatic heterocycles. The van der Waals surface area contributed by atoms with Crippen LogP contribution in [0.5, 0.6) is 5.75 Å². The van der Waals surface area contributed by atoms with Gasteiger partial charge in [0.15, 0.2) is 0 Å². The average molecular weight is 324 g/mol. The normalized spacial score (nSPS) is 16.0. The van der Waals surface area contributed by atoms with Crippen LogP contribution in [0.1, 0.15) is 22.3 Å². The Hall–Kier alpha value is -2.33. The van der Waals surface area contributed by atoms with E-state index < -0.39 is 0 Å².